The Bertz CT molecular complexity index is 446. The van der Waals surface area contributed by atoms with Crippen molar-refractivity contribution in [2.24, 2.45) is 0 Å². The van der Waals surface area contributed by atoms with Gasteiger partial charge in [-0.25, -0.2) is 4.79 Å². The van der Waals surface area contributed by atoms with Crippen LogP contribution in [0.15, 0.2) is 16.6 Å². The van der Waals surface area contributed by atoms with Crippen molar-refractivity contribution in [2.75, 3.05) is 20.3 Å². The maximum atomic E-state index is 11.3. The summed E-state index contributed by atoms with van der Waals surface area (Å²) in [5, 5.41) is 9.77. The van der Waals surface area contributed by atoms with E-state index < -0.39 is 12.1 Å². The lowest BCUT2D eigenvalue weighted by Crippen LogP contribution is -2.18. The molecule has 0 saturated carbocycles. The molecular weight excluding hydrogens is 292 g/mol. The Morgan fingerprint density at radius 1 is 1.41 bits per heavy atom. The first kappa shape index (κ1) is 12.2. The van der Waals surface area contributed by atoms with E-state index in [4.69, 9.17) is 9.47 Å². The van der Waals surface area contributed by atoms with Gasteiger partial charge in [-0.3, -0.25) is 0 Å². The molecule has 1 aromatic rings. The molecule has 2 rings (SSSR count). The number of carbonyl (C=O) groups is 1. The van der Waals surface area contributed by atoms with Crippen LogP contribution in [-0.2, 0) is 9.53 Å². The first-order valence-corrected chi connectivity index (χ1v) is 5.77. The van der Waals surface area contributed by atoms with Gasteiger partial charge in [0.05, 0.1) is 7.11 Å². The molecule has 1 N–H and O–H groups in total. The van der Waals surface area contributed by atoms with Gasteiger partial charge in [0.15, 0.2) is 17.6 Å². The van der Waals surface area contributed by atoms with Crippen LogP contribution in [0, 0.1) is 0 Å². The molecule has 1 aromatic carbocycles. The molecule has 0 spiro atoms. The lowest BCUT2D eigenvalue weighted by atomic mass is 10.1. The number of hydrogen-bond donors (Lipinski definition) is 1. The highest BCUT2D eigenvalue weighted by molar-refractivity contribution is 9.10. The molecule has 0 radical (unpaired) electrons. The SMILES string of the molecule is COC(=O)C(O)c1cc2c(cc1Br)OCCO2. The van der Waals surface area contributed by atoms with Crippen LogP contribution in [0.25, 0.3) is 0 Å². The number of aliphatic hydroxyl groups is 1. The molecule has 0 aromatic heterocycles. The first-order chi connectivity index (χ1) is 8.13. The minimum Gasteiger partial charge on any atom is -0.486 e. The summed E-state index contributed by atoms with van der Waals surface area (Å²) in [5.74, 6) is 0.378. The highest BCUT2D eigenvalue weighted by Crippen LogP contribution is 2.37. The molecule has 6 heteroatoms. The van der Waals surface area contributed by atoms with E-state index in [-0.39, 0.29) is 0 Å². The fourth-order valence-corrected chi connectivity index (χ4v) is 2.07. The van der Waals surface area contributed by atoms with Gasteiger partial charge in [0.2, 0.25) is 0 Å². The summed E-state index contributed by atoms with van der Waals surface area (Å²) in [5.41, 5.74) is 0.390. The van der Waals surface area contributed by atoms with E-state index in [0.717, 1.165) is 0 Å². The van der Waals surface area contributed by atoms with Crippen LogP contribution >= 0.6 is 15.9 Å². The molecule has 5 nitrogen and oxygen atoms in total. The third-order valence-corrected chi connectivity index (χ3v) is 3.07. The standard InChI is InChI=1S/C11H11BrO5/c1-15-11(14)10(13)6-4-8-9(5-7(6)12)17-3-2-16-8/h4-5,10,13H,2-3H2,1H3. The van der Waals surface area contributed by atoms with Gasteiger partial charge in [0, 0.05) is 10.0 Å². The lowest BCUT2D eigenvalue weighted by molar-refractivity contribution is -0.150. The summed E-state index contributed by atoms with van der Waals surface area (Å²) >= 11 is 3.27. The van der Waals surface area contributed by atoms with Crippen LogP contribution in [-0.4, -0.2) is 31.4 Å². The highest BCUT2D eigenvalue weighted by atomic mass is 79.9. The van der Waals surface area contributed by atoms with Crippen LogP contribution in [0.4, 0.5) is 0 Å². The zero-order chi connectivity index (χ0) is 12.4. The van der Waals surface area contributed by atoms with Gasteiger partial charge in [0.1, 0.15) is 13.2 Å². The third-order valence-electron chi connectivity index (χ3n) is 2.38. The molecule has 1 unspecified atom stereocenters. The van der Waals surface area contributed by atoms with Crippen molar-refractivity contribution in [1.29, 1.82) is 0 Å². The van der Waals surface area contributed by atoms with Gasteiger partial charge in [-0.15, -0.1) is 0 Å². The molecule has 92 valence electrons. The van der Waals surface area contributed by atoms with Crippen LogP contribution in [0.5, 0.6) is 11.5 Å². The average molecular weight is 303 g/mol. The van der Waals surface area contributed by atoms with Crippen LogP contribution in [0.3, 0.4) is 0 Å². The highest BCUT2D eigenvalue weighted by Gasteiger charge is 2.24. The fourth-order valence-electron chi connectivity index (χ4n) is 1.53. The Labute approximate surface area is 106 Å². The van der Waals surface area contributed by atoms with Crippen molar-refractivity contribution in [2.45, 2.75) is 6.10 Å². The van der Waals surface area contributed by atoms with E-state index in [2.05, 4.69) is 20.7 Å². The van der Waals surface area contributed by atoms with E-state index in [1.54, 1.807) is 12.1 Å². The summed E-state index contributed by atoms with van der Waals surface area (Å²) in [4.78, 5) is 11.3. The average Bonchev–Trinajstić information content (AvgIpc) is 2.36. The van der Waals surface area contributed by atoms with Gasteiger partial charge in [-0.2, -0.15) is 0 Å². The summed E-state index contributed by atoms with van der Waals surface area (Å²) in [6.45, 7) is 0.931. The zero-order valence-corrected chi connectivity index (χ0v) is 10.7. The quantitative estimate of drug-likeness (QED) is 0.837. The Morgan fingerprint density at radius 3 is 2.59 bits per heavy atom. The molecule has 1 aliphatic rings. The molecule has 1 aliphatic heterocycles. The third kappa shape index (κ3) is 2.37. The van der Waals surface area contributed by atoms with Crippen molar-refractivity contribution in [3.8, 4) is 11.5 Å². The molecule has 1 atom stereocenters. The minimum atomic E-state index is -1.34. The van der Waals surface area contributed by atoms with Gasteiger partial charge < -0.3 is 19.3 Å². The van der Waals surface area contributed by atoms with Crippen molar-refractivity contribution < 1.29 is 24.1 Å². The van der Waals surface area contributed by atoms with Gasteiger partial charge >= 0.3 is 5.97 Å². The maximum Gasteiger partial charge on any atom is 0.339 e. The normalized spacial score (nSPS) is 15.2. The van der Waals surface area contributed by atoms with E-state index in [9.17, 15) is 9.90 Å². The Hall–Kier alpha value is -1.27. The van der Waals surface area contributed by atoms with Crippen molar-refractivity contribution in [3.05, 3.63) is 22.2 Å². The smallest absolute Gasteiger partial charge is 0.339 e. The second-order valence-electron chi connectivity index (χ2n) is 3.44. The molecule has 1 heterocycles. The molecule has 0 bridgehead atoms. The van der Waals surface area contributed by atoms with Crippen LogP contribution < -0.4 is 9.47 Å². The number of halogens is 1. The monoisotopic (exact) mass is 302 g/mol. The topological polar surface area (TPSA) is 65.0 Å². The number of fused-ring (bicyclic) bond motifs is 1. The number of ether oxygens (including phenoxy) is 3. The van der Waals surface area contributed by atoms with Crippen LogP contribution in [0.1, 0.15) is 11.7 Å². The lowest BCUT2D eigenvalue weighted by Gasteiger charge is -2.20. The Morgan fingerprint density at radius 2 is 2.00 bits per heavy atom. The Balaban J connectivity index is 2.37. The number of benzene rings is 1. The van der Waals surface area contributed by atoms with E-state index in [0.29, 0.717) is 34.7 Å². The first-order valence-electron chi connectivity index (χ1n) is 4.98. The molecule has 0 amide bonds. The van der Waals surface area contributed by atoms with Gasteiger partial charge in [0.25, 0.3) is 0 Å². The van der Waals surface area contributed by atoms with Crippen molar-refractivity contribution in [1.82, 2.24) is 0 Å². The molecule has 0 fully saturated rings. The number of hydrogen-bond acceptors (Lipinski definition) is 5. The molecule has 17 heavy (non-hydrogen) atoms. The fraction of sp³-hybridized carbons (Fsp3) is 0.364. The predicted molar refractivity (Wildman–Crippen MR) is 62.1 cm³/mol. The Kier molecular flexibility index (Phi) is 3.54. The van der Waals surface area contributed by atoms with E-state index in [1.165, 1.54) is 7.11 Å². The van der Waals surface area contributed by atoms with Gasteiger partial charge in [-0.1, -0.05) is 15.9 Å². The predicted octanol–water partition coefficient (Wildman–Crippen LogP) is 1.43. The van der Waals surface area contributed by atoms with Crippen molar-refractivity contribution in [3.63, 3.8) is 0 Å². The van der Waals surface area contributed by atoms with E-state index >= 15 is 0 Å². The van der Waals surface area contributed by atoms with Crippen LogP contribution in [0.2, 0.25) is 0 Å². The number of esters is 1. The minimum absolute atomic E-state index is 0.390. The van der Waals surface area contributed by atoms with Crippen molar-refractivity contribution >= 4 is 21.9 Å². The van der Waals surface area contributed by atoms with Gasteiger partial charge in [-0.05, 0) is 12.1 Å². The summed E-state index contributed by atoms with van der Waals surface area (Å²) < 4.78 is 15.8. The second kappa shape index (κ2) is 4.93. The number of rotatable bonds is 2. The maximum absolute atomic E-state index is 11.3. The second-order valence-corrected chi connectivity index (χ2v) is 4.30. The largest absolute Gasteiger partial charge is 0.486 e. The summed E-state index contributed by atoms with van der Waals surface area (Å²) in [6, 6.07) is 3.23. The summed E-state index contributed by atoms with van der Waals surface area (Å²) in [6.07, 6.45) is -1.34. The number of aliphatic hydroxyl groups excluding tert-OH is 1. The number of methoxy groups -OCH3 is 1. The van der Waals surface area contributed by atoms with E-state index in [1.807, 2.05) is 0 Å². The molecule has 0 aliphatic carbocycles. The summed E-state index contributed by atoms with van der Waals surface area (Å²) in [7, 11) is 1.22. The molecular formula is C11H11BrO5. The zero-order valence-electron chi connectivity index (χ0n) is 9.10. The number of carbonyl (C=O) groups excluding carboxylic acids is 1. The molecule has 0 saturated heterocycles.